The number of nitrogens with zero attached hydrogens (tertiary/aromatic N) is 1. The highest BCUT2D eigenvalue weighted by Gasteiger charge is 2.03. The number of pyridine rings is 1. The molecular formula is C12H10ClNO. The average Bonchev–Trinajstić information content (AvgIpc) is 2.22. The summed E-state index contributed by atoms with van der Waals surface area (Å²) < 4.78 is 0. The van der Waals surface area contributed by atoms with Crippen molar-refractivity contribution in [2.24, 2.45) is 0 Å². The molecule has 1 aromatic heterocycles. The Morgan fingerprint density at radius 3 is 2.73 bits per heavy atom. The Kier molecular flexibility index (Phi) is 2.60. The van der Waals surface area contributed by atoms with E-state index < -0.39 is 0 Å². The highest BCUT2D eigenvalue weighted by atomic mass is 35.5. The van der Waals surface area contributed by atoms with Crippen molar-refractivity contribution in [2.45, 2.75) is 6.92 Å². The van der Waals surface area contributed by atoms with Gasteiger partial charge in [-0.2, -0.15) is 0 Å². The van der Waals surface area contributed by atoms with Crippen LogP contribution in [-0.2, 0) is 0 Å². The molecule has 0 amide bonds. The van der Waals surface area contributed by atoms with Crippen LogP contribution in [0.1, 0.15) is 5.56 Å². The molecule has 0 saturated heterocycles. The van der Waals surface area contributed by atoms with E-state index in [1.165, 1.54) is 0 Å². The third-order valence-electron chi connectivity index (χ3n) is 2.24. The molecule has 76 valence electrons. The Morgan fingerprint density at radius 1 is 1.20 bits per heavy atom. The summed E-state index contributed by atoms with van der Waals surface area (Å²) in [7, 11) is 0. The molecule has 0 aliphatic carbocycles. The fraction of sp³-hybridized carbons (Fsp3) is 0.0833. The fourth-order valence-corrected chi connectivity index (χ4v) is 1.65. The quantitative estimate of drug-likeness (QED) is 0.797. The number of aromatic hydroxyl groups is 1. The largest absolute Gasteiger partial charge is 0.508 e. The molecule has 2 rings (SSSR count). The van der Waals surface area contributed by atoms with Crippen LogP contribution in [0.4, 0.5) is 0 Å². The molecule has 3 heteroatoms. The van der Waals surface area contributed by atoms with E-state index in [-0.39, 0.29) is 5.75 Å². The van der Waals surface area contributed by atoms with Gasteiger partial charge < -0.3 is 5.11 Å². The van der Waals surface area contributed by atoms with Crippen molar-refractivity contribution in [3.63, 3.8) is 0 Å². The summed E-state index contributed by atoms with van der Waals surface area (Å²) in [6.07, 6.45) is 3.32. The molecule has 0 radical (unpaired) electrons. The van der Waals surface area contributed by atoms with Crippen molar-refractivity contribution in [3.8, 4) is 16.9 Å². The van der Waals surface area contributed by atoms with E-state index in [2.05, 4.69) is 4.98 Å². The minimum Gasteiger partial charge on any atom is -0.508 e. The van der Waals surface area contributed by atoms with Crippen LogP contribution in [-0.4, -0.2) is 10.1 Å². The molecule has 0 fully saturated rings. The normalized spacial score (nSPS) is 10.3. The zero-order chi connectivity index (χ0) is 10.8. The summed E-state index contributed by atoms with van der Waals surface area (Å²) in [5, 5.41) is 10.0. The molecule has 0 spiro atoms. The highest BCUT2D eigenvalue weighted by Crippen LogP contribution is 2.27. The van der Waals surface area contributed by atoms with Crippen LogP contribution in [0.3, 0.4) is 0 Å². The first-order chi connectivity index (χ1) is 7.16. The maximum absolute atomic E-state index is 9.41. The number of hydrogen-bond acceptors (Lipinski definition) is 2. The lowest BCUT2D eigenvalue weighted by atomic mass is 10.0. The Balaban J connectivity index is 2.58. The molecule has 0 saturated carbocycles. The van der Waals surface area contributed by atoms with Gasteiger partial charge in [0.15, 0.2) is 0 Å². The third kappa shape index (κ3) is 2.10. The molecule has 1 aromatic carbocycles. The Bertz CT molecular complexity index is 497. The standard InChI is InChI=1S/C12H10ClNO/c1-8-2-3-11(15)5-12(8)9-4-10(13)7-14-6-9/h2-7,15H,1H3. The van der Waals surface area contributed by atoms with E-state index in [0.29, 0.717) is 5.02 Å². The van der Waals surface area contributed by atoms with Gasteiger partial charge in [-0.25, -0.2) is 0 Å². The minimum absolute atomic E-state index is 0.246. The van der Waals surface area contributed by atoms with Gasteiger partial charge in [-0.15, -0.1) is 0 Å². The third-order valence-corrected chi connectivity index (χ3v) is 2.44. The van der Waals surface area contributed by atoms with E-state index in [1.54, 1.807) is 24.5 Å². The van der Waals surface area contributed by atoms with E-state index >= 15 is 0 Å². The maximum Gasteiger partial charge on any atom is 0.116 e. The summed E-state index contributed by atoms with van der Waals surface area (Å²) in [5.41, 5.74) is 2.94. The second-order valence-corrected chi connectivity index (χ2v) is 3.83. The van der Waals surface area contributed by atoms with Gasteiger partial charge >= 0.3 is 0 Å². The van der Waals surface area contributed by atoms with Gasteiger partial charge in [-0.3, -0.25) is 4.98 Å². The summed E-state index contributed by atoms with van der Waals surface area (Å²) in [4.78, 5) is 4.02. The zero-order valence-electron chi connectivity index (χ0n) is 8.24. The summed E-state index contributed by atoms with van der Waals surface area (Å²) in [6, 6.07) is 7.07. The number of benzene rings is 1. The first-order valence-corrected chi connectivity index (χ1v) is 4.95. The van der Waals surface area contributed by atoms with Gasteiger partial charge in [0.2, 0.25) is 0 Å². The number of halogens is 1. The highest BCUT2D eigenvalue weighted by molar-refractivity contribution is 6.30. The fourth-order valence-electron chi connectivity index (χ4n) is 1.48. The van der Waals surface area contributed by atoms with Crippen molar-refractivity contribution >= 4 is 11.6 Å². The topological polar surface area (TPSA) is 33.1 Å². The number of rotatable bonds is 1. The van der Waals surface area contributed by atoms with Crippen LogP contribution < -0.4 is 0 Å². The number of phenols is 1. The number of aromatic nitrogens is 1. The lowest BCUT2D eigenvalue weighted by Gasteiger charge is -2.06. The molecule has 2 nitrogen and oxygen atoms in total. The molecule has 0 aliphatic rings. The van der Waals surface area contributed by atoms with E-state index in [0.717, 1.165) is 16.7 Å². The Labute approximate surface area is 93.2 Å². The van der Waals surface area contributed by atoms with Gasteiger partial charge in [0, 0.05) is 18.0 Å². The first-order valence-electron chi connectivity index (χ1n) is 4.57. The second-order valence-electron chi connectivity index (χ2n) is 3.39. The maximum atomic E-state index is 9.41. The lowest BCUT2D eigenvalue weighted by Crippen LogP contribution is -1.84. The van der Waals surface area contributed by atoms with Crippen LogP contribution in [0.2, 0.25) is 5.02 Å². The zero-order valence-corrected chi connectivity index (χ0v) is 8.99. The molecule has 1 N–H and O–H groups in total. The second kappa shape index (κ2) is 3.91. The lowest BCUT2D eigenvalue weighted by molar-refractivity contribution is 0.475. The van der Waals surface area contributed by atoms with Crippen molar-refractivity contribution in [1.82, 2.24) is 4.98 Å². The number of aryl methyl sites for hydroxylation is 1. The Hall–Kier alpha value is -1.54. The van der Waals surface area contributed by atoms with Crippen LogP contribution in [0.15, 0.2) is 36.7 Å². The van der Waals surface area contributed by atoms with Crippen LogP contribution >= 0.6 is 11.6 Å². The summed E-state index contributed by atoms with van der Waals surface area (Å²) in [5.74, 6) is 0.246. The predicted octanol–water partition coefficient (Wildman–Crippen LogP) is 3.42. The molecular weight excluding hydrogens is 210 g/mol. The van der Waals surface area contributed by atoms with Gasteiger partial charge in [0.1, 0.15) is 5.75 Å². The first kappa shape index (κ1) is 9.99. The minimum atomic E-state index is 0.246. The van der Waals surface area contributed by atoms with Gasteiger partial charge in [0.05, 0.1) is 5.02 Å². The average molecular weight is 220 g/mol. The van der Waals surface area contributed by atoms with Crippen LogP contribution in [0.5, 0.6) is 5.75 Å². The molecule has 0 unspecified atom stereocenters. The molecule has 1 heterocycles. The Morgan fingerprint density at radius 2 is 2.00 bits per heavy atom. The van der Waals surface area contributed by atoms with Crippen molar-refractivity contribution < 1.29 is 5.11 Å². The SMILES string of the molecule is Cc1ccc(O)cc1-c1cncc(Cl)c1. The van der Waals surface area contributed by atoms with Gasteiger partial charge in [-0.1, -0.05) is 17.7 Å². The molecule has 0 aliphatic heterocycles. The summed E-state index contributed by atoms with van der Waals surface area (Å²) >= 11 is 5.86. The van der Waals surface area contributed by atoms with E-state index in [1.807, 2.05) is 19.1 Å². The van der Waals surface area contributed by atoms with Gasteiger partial charge in [0.25, 0.3) is 0 Å². The molecule has 15 heavy (non-hydrogen) atoms. The molecule has 0 atom stereocenters. The van der Waals surface area contributed by atoms with E-state index in [9.17, 15) is 5.11 Å². The van der Waals surface area contributed by atoms with Gasteiger partial charge in [-0.05, 0) is 36.2 Å². The van der Waals surface area contributed by atoms with Crippen molar-refractivity contribution in [1.29, 1.82) is 0 Å². The monoisotopic (exact) mass is 219 g/mol. The smallest absolute Gasteiger partial charge is 0.116 e. The van der Waals surface area contributed by atoms with Crippen LogP contribution in [0.25, 0.3) is 11.1 Å². The molecule has 2 aromatic rings. The predicted molar refractivity (Wildman–Crippen MR) is 61.1 cm³/mol. The van der Waals surface area contributed by atoms with Crippen molar-refractivity contribution in [3.05, 3.63) is 47.2 Å². The number of hydrogen-bond donors (Lipinski definition) is 1. The van der Waals surface area contributed by atoms with E-state index in [4.69, 9.17) is 11.6 Å². The molecule has 0 bridgehead atoms. The van der Waals surface area contributed by atoms with Crippen molar-refractivity contribution in [2.75, 3.05) is 0 Å². The number of phenolic OH excluding ortho intramolecular Hbond substituents is 1. The van der Waals surface area contributed by atoms with Crippen LogP contribution in [0, 0.1) is 6.92 Å². The summed E-state index contributed by atoms with van der Waals surface area (Å²) in [6.45, 7) is 1.98.